The van der Waals surface area contributed by atoms with E-state index in [1.165, 1.54) is 24.6 Å². The van der Waals surface area contributed by atoms with Crippen LogP contribution >= 0.6 is 15.9 Å². The number of piperidine rings is 1. The summed E-state index contributed by atoms with van der Waals surface area (Å²) in [5.74, 6) is 0.508. The van der Waals surface area contributed by atoms with Gasteiger partial charge in [-0.3, -0.25) is 4.79 Å². The fourth-order valence-corrected chi connectivity index (χ4v) is 5.31. The molecule has 0 spiro atoms. The van der Waals surface area contributed by atoms with Crippen molar-refractivity contribution in [3.8, 4) is 11.5 Å². The Bertz CT molecular complexity index is 979. The smallest absolute Gasteiger partial charge is 0.255 e. The Morgan fingerprint density at radius 3 is 2.24 bits per heavy atom. The topological polar surface area (TPSA) is 84.9 Å². The number of carbonyl (C=O) groups excluding carboxylic acids is 1. The lowest BCUT2D eigenvalue weighted by Crippen LogP contribution is -2.35. The van der Waals surface area contributed by atoms with Gasteiger partial charge in [-0.15, -0.1) is 0 Å². The number of rotatable bonds is 6. The van der Waals surface area contributed by atoms with Gasteiger partial charge < -0.3 is 14.8 Å². The minimum absolute atomic E-state index is 0.170. The molecule has 0 aliphatic carbocycles. The number of nitrogens with one attached hydrogen (secondary N) is 1. The number of nitrogens with zero attached hydrogens (tertiary/aromatic N) is 1. The fraction of sp³-hybridized carbons (Fsp3) is 0.350. The van der Waals surface area contributed by atoms with Crippen molar-refractivity contribution in [2.75, 3.05) is 32.6 Å². The SMILES string of the molecule is COc1cc(C(=O)Nc2cccc(S(=O)(=O)N3CCCCC3)c2)cc(OC)c1Br. The first kappa shape index (κ1) is 21.6. The number of hydrogen-bond acceptors (Lipinski definition) is 5. The molecule has 29 heavy (non-hydrogen) atoms. The van der Waals surface area contributed by atoms with E-state index < -0.39 is 15.9 Å². The number of amides is 1. The second-order valence-corrected chi connectivity index (χ2v) is 9.37. The average Bonchev–Trinajstić information content (AvgIpc) is 2.74. The molecule has 1 amide bonds. The van der Waals surface area contributed by atoms with Gasteiger partial charge in [0.25, 0.3) is 5.91 Å². The molecular formula is C20H23BrN2O5S. The number of anilines is 1. The third kappa shape index (κ3) is 4.73. The Labute approximate surface area is 179 Å². The van der Waals surface area contributed by atoms with Crippen LogP contribution in [0.1, 0.15) is 29.6 Å². The molecule has 0 aromatic heterocycles. The Morgan fingerprint density at radius 1 is 1.03 bits per heavy atom. The van der Waals surface area contributed by atoms with Crippen LogP contribution in [0, 0.1) is 0 Å². The van der Waals surface area contributed by atoms with E-state index in [1.807, 2.05) is 0 Å². The summed E-state index contributed by atoms with van der Waals surface area (Å²) in [5.41, 5.74) is 0.722. The number of hydrogen-bond donors (Lipinski definition) is 1. The van der Waals surface area contributed by atoms with E-state index in [2.05, 4.69) is 21.2 Å². The summed E-state index contributed by atoms with van der Waals surface area (Å²) in [6.07, 6.45) is 2.77. The van der Waals surface area contributed by atoms with E-state index in [4.69, 9.17) is 9.47 Å². The molecule has 7 nitrogen and oxygen atoms in total. The molecule has 0 saturated carbocycles. The van der Waals surface area contributed by atoms with Gasteiger partial charge in [0.05, 0.1) is 19.1 Å². The number of halogens is 1. The van der Waals surface area contributed by atoms with Crippen molar-refractivity contribution in [3.63, 3.8) is 0 Å². The summed E-state index contributed by atoms with van der Waals surface area (Å²) >= 11 is 3.37. The molecule has 2 aromatic carbocycles. The van der Waals surface area contributed by atoms with Gasteiger partial charge in [0.15, 0.2) is 0 Å². The van der Waals surface area contributed by atoms with E-state index in [0.29, 0.717) is 40.3 Å². The van der Waals surface area contributed by atoms with E-state index in [1.54, 1.807) is 30.3 Å². The largest absolute Gasteiger partial charge is 0.495 e. The van der Waals surface area contributed by atoms with Gasteiger partial charge in [-0.2, -0.15) is 4.31 Å². The molecule has 1 heterocycles. The van der Waals surface area contributed by atoms with Crippen LogP contribution in [0.2, 0.25) is 0 Å². The van der Waals surface area contributed by atoms with E-state index in [9.17, 15) is 13.2 Å². The average molecular weight is 483 g/mol. The van der Waals surface area contributed by atoms with Crippen molar-refractivity contribution < 1.29 is 22.7 Å². The van der Waals surface area contributed by atoms with Crippen molar-refractivity contribution in [1.29, 1.82) is 0 Å². The highest BCUT2D eigenvalue weighted by atomic mass is 79.9. The lowest BCUT2D eigenvalue weighted by atomic mass is 10.1. The highest BCUT2D eigenvalue weighted by Gasteiger charge is 2.26. The Kier molecular flexibility index (Phi) is 6.81. The van der Waals surface area contributed by atoms with Crippen molar-refractivity contribution >= 4 is 37.5 Å². The third-order valence-electron chi connectivity index (χ3n) is 4.75. The molecule has 0 bridgehead atoms. The molecule has 1 fully saturated rings. The number of ether oxygens (including phenoxy) is 2. The standard InChI is InChI=1S/C20H23BrN2O5S/c1-27-17-11-14(12-18(28-2)19(17)21)20(24)22-15-7-6-8-16(13-15)29(25,26)23-9-4-3-5-10-23/h6-8,11-13H,3-5,9-10H2,1-2H3,(H,22,24). The summed E-state index contributed by atoms with van der Waals surface area (Å²) in [6, 6.07) is 9.46. The summed E-state index contributed by atoms with van der Waals surface area (Å²) < 4.78 is 38.4. The van der Waals surface area contributed by atoms with Gasteiger partial charge in [-0.05, 0) is 59.1 Å². The first-order valence-electron chi connectivity index (χ1n) is 9.20. The van der Waals surface area contributed by atoms with Crippen LogP contribution < -0.4 is 14.8 Å². The highest BCUT2D eigenvalue weighted by molar-refractivity contribution is 9.10. The monoisotopic (exact) mass is 482 g/mol. The zero-order valence-corrected chi connectivity index (χ0v) is 18.7. The van der Waals surface area contributed by atoms with Crippen LogP contribution in [0.15, 0.2) is 45.8 Å². The normalized spacial score (nSPS) is 15.0. The lowest BCUT2D eigenvalue weighted by Gasteiger charge is -2.26. The van der Waals surface area contributed by atoms with Crippen molar-refractivity contribution in [1.82, 2.24) is 4.31 Å². The summed E-state index contributed by atoms with van der Waals surface area (Å²) in [5, 5.41) is 2.75. The minimum atomic E-state index is -3.58. The molecule has 0 radical (unpaired) electrons. The summed E-state index contributed by atoms with van der Waals surface area (Å²) in [4.78, 5) is 12.9. The van der Waals surface area contributed by atoms with Gasteiger partial charge in [0.2, 0.25) is 10.0 Å². The van der Waals surface area contributed by atoms with Gasteiger partial charge in [-0.1, -0.05) is 12.5 Å². The first-order chi connectivity index (χ1) is 13.9. The summed E-state index contributed by atoms with van der Waals surface area (Å²) in [6.45, 7) is 1.05. The first-order valence-corrected chi connectivity index (χ1v) is 11.4. The van der Waals surface area contributed by atoms with E-state index in [0.717, 1.165) is 19.3 Å². The van der Waals surface area contributed by atoms with Gasteiger partial charge in [0, 0.05) is 24.3 Å². The predicted octanol–water partition coefficient (Wildman–Crippen LogP) is 3.89. The van der Waals surface area contributed by atoms with Gasteiger partial charge >= 0.3 is 0 Å². The quantitative estimate of drug-likeness (QED) is 0.674. The van der Waals surface area contributed by atoms with Crippen molar-refractivity contribution in [2.24, 2.45) is 0 Å². The number of sulfonamides is 1. The lowest BCUT2D eigenvalue weighted by molar-refractivity contribution is 0.102. The Hall–Kier alpha value is -2.10. The van der Waals surface area contributed by atoms with Crippen LogP contribution in [-0.2, 0) is 10.0 Å². The molecule has 3 rings (SSSR count). The van der Waals surface area contributed by atoms with Crippen molar-refractivity contribution in [3.05, 3.63) is 46.4 Å². The maximum absolute atomic E-state index is 12.9. The maximum atomic E-state index is 12.9. The van der Waals surface area contributed by atoms with Crippen LogP contribution in [0.4, 0.5) is 5.69 Å². The molecule has 1 N–H and O–H groups in total. The van der Waals surface area contributed by atoms with E-state index >= 15 is 0 Å². The molecule has 0 unspecified atom stereocenters. The summed E-state index contributed by atoms with van der Waals surface area (Å²) in [7, 11) is -0.584. The molecule has 1 saturated heterocycles. The number of methoxy groups -OCH3 is 2. The molecule has 0 atom stereocenters. The van der Waals surface area contributed by atoms with Gasteiger partial charge in [-0.25, -0.2) is 8.42 Å². The zero-order valence-electron chi connectivity index (χ0n) is 16.3. The van der Waals surface area contributed by atoms with Crippen LogP contribution in [0.5, 0.6) is 11.5 Å². The Morgan fingerprint density at radius 2 is 1.66 bits per heavy atom. The third-order valence-corrected chi connectivity index (χ3v) is 7.43. The number of benzene rings is 2. The molecule has 156 valence electrons. The number of carbonyl (C=O) groups is 1. The fourth-order valence-electron chi connectivity index (χ4n) is 3.19. The highest BCUT2D eigenvalue weighted by Crippen LogP contribution is 2.36. The van der Waals surface area contributed by atoms with Crippen LogP contribution in [0.3, 0.4) is 0 Å². The second-order valence-electron chi connectivity index (χ2n) is 6.64. The molecule has 1 aliphatic rings. The van der Waals surface area contributed by atoms with Gasteiger partial charge in [0.1, 0.15) is 16.0 Å². The van der Waals surface area contributed by atoms with Crippen LogP contribution in [-0.4, -0.2) is 45.9 Å². The second kappa shape index (κ2) is 9.15. The van der Waals surface area contributed by atoms with E-state index in [-0.39, 0.29) is 4.90 Å². The zero-order chi connectivity index (χ0) is 21.0. The molecule has 2 aromatic rings. The Balaban J connectivity index is 1.84. The predicted molar refractivity (Wildman–Crippen MR) is 114 cm³/mol. The maximum Gasteiger partial charge on any atom is 0.255 e. The molecule has 9 heteroatoms. The minimum Gasteiger partial charge on any atom is -0.495 e. The molecule has 1 aliphatic heterocycles. The van der Waals surface area contributed by atoms with Crippen LogP contribution in [0.25, 0.3) is 0 Å². The molecular weight excluding hydrogens is 460 g/mol. The van der Waals surface area contributed by atoms with Crippen molar-refractivity contribution in [2.45, 2.75) is 24.2 Å².